The van der Waals surface area contributed by atoms with Gasteiger partial charge in [-0.05, 0) is 38.5 Å². The average molecular weight is 208 g/mol. The van der Waals surface area contributed by atoms with E-state index in [-0.39, 0.29) is 6.04 Å². The Labute approximate surface area is 89.3 Å². The highest BCUT2D eigenvalue weighted by Gasteiger charge is 2.35. The summed E-state index contributed by atoms with van der Waals surface area (Å²) in [5.74, 6) is -0.887. The van der Waals surface area contributed by atoms with Crippen molar-refractivity contribution in [3.8, 4) is 0 Å². The second kappa shape index (κ2) is 4.40. The molecule has 4 heteroatoms. The summed E-state index contributed by atoms with van der Waals surface area (Å²) in [5.41, 5.74) is -0.351. The lowest BCUT2D eigenvalue weighted by atomic mass is 9.92. The van der Waals surface area contributed by atoms with Gasteiger partial charge in [-0.25, -0.2) is 4.79 Å². The summed E-state index contributed by atoms with van der Waals surface area (Å²) >= 11 is 0. The number of carboxylic acid groups (broad SMARTS) is 1. The Morgan fingerprint density at radius 2 is 2.00 bits per heavy atom. The molecule has 82 valence electrons. The number of hydrogen-bond acceptors (Lipinski definition) is 3. The molecule has 1 aromatic rings. The van der Waals surface area contributed by atoms with Crippen LogP contribution in [0.4, 0.5) is 0 Å². The first-order valence-corrected chi connectivity index (χ1v) is 4.88. The molecule has 0 spiro atoms. The van der Waals surface area contributed by atoms with Gasteiger partial charge in [0, 0.05) is 18.4 Å². The van der Waals surface area contributed by atoms with E-state index in [0.29, 0.717) is 5.56 Å². The fourth-order valence-corrected chi connectivity index (χ4v) is 1.53. The van der Waals surface area contributed by atoms with Gasteiger partial charge in [0.25, 0.3) is 0 Å². The molecule has 0 amide bonds. The molecule has 0 aliphatic rings. The zero-order valence-electron chi connectivity index (χ0n) is 9.19. The fraction of sp³-hybridized carbons (Fsp3) is 0.455. The maximum Gasteiger partial charge on any atom is 0.328 e. The Bertz CT molecular complexity index is 338. The highest BCUT2D eigenvalue weighted by atomic mass is 16.4. The Hall–Kier alpha value is -1.42. The minimum Gasteiger partial charge on any atom is -0.480 e. The number of carboxylic acids is 1. The summed E-state index contributed by atoms with van der Waals surface area (Å²) in [6.07, 6.45) is 3.19. The second-order valence-corrected chi connectivity index (χ2v) is 3.97. The number of nitrogens with zero attached hydrogens (tertiary/aromatic N) is 1. The quantitative estimate of drug-likeness (QED) is 0.784. The number of nitrogens with one attached hydrogen (secondary N) is 1. The van der Waals surface area contributed by atoms with Crippen molar-refractivity contribution in [2.24, 2.45) is 0 Å². The third-order valence-corrected chi connectivity index (χ3v) is 2.26. The number of hydrogen-bond donors (Lipinski definition) is 2. The second-order valence-electron chi connectivity index (χ2n) is 3.97. The molecule has 0 saturated carbocycles. The molecule has 0 radical (unpaired) electrons. The van der Waals surface area contributed by atoms with Crippen molar-refractivity contribution < 1.29 is 9.90 Å². The zero-order chi connectivity index (χ0) is 11.5. The predicted octanol–water partition coefficient (Wildman–Crippen LogP) is 1.38. The number of aromatic nitrogens is 1. The van der Waals surface area contributed by atoms with E-state index in [9.17, 15) is 9.90 Å². The van der Waals surface area contributed by atoms with Gasteiger partial charge in [-0.15, -0.1) is 0 Å². The maximum atomic E-state index is 11.3. The van der Waals surface area contributed by atoms with Crippen molar-refractivity contribution in [3.05, 3.63) is 30.1 Å². The van der Waals surface area contributed by atoms with Gasteiger partial charge in [-0.2, -0.15) is 0 Å². The van der Waals surface area contributed by atoms with Crippen molar-refractivity contribution >= 4 is 5.97 Å². The van der Waals surface area contributed by atoms with E-state index in [0.717, 1.165) is 0 Å². The van der Waals surface area contributed by atoms with Gasteiger partial charge in [0.2, 0.25) is 0 Å². The van der Waals surface area contributed by atoms with Crippen LogP contribution in [-0.4, -0.2) is 22.1 Å². The van der Waals surface area contributed by atoms with Crippen molar-refractivity contribution in [1.29, 1.82) is 0 Å². The summed E-state index contributed by atoms with van der Waals surface area (Å²) in [7, 11) is 0. The smallest absolute Gasteiger partial charge is 0.328 e. The SMILES string of the molecule is CC(C)NC(C)(C(=O)O)c1ccncc1. The minimum absolute atomic E-state index is 0.0965. The standard InChI is InChI=1S/C11H16N2O2/c1-8(2)13-11(3,10(14)15)9-4-6-12-7-5-9/h4-8,13H,1-3H3,(H,14,15). The monoisotopic (exact) mass is 208 g/mol. The largest absolute Gasteiger partial charge is 0.480 e. The zero-order valence-corrected chi connectivity index (χ0v) is 9.19. The molecule has 2 N–H and O–H groups in total. The molecule has 0 fully saturated rings. The molecule has 4 nitrogen and oxygen atoms in total. The fourth-order valence-electron chi connectivity index (χ4n) is 1.53. The lowest BCUT2D eigenvalue weighted by Gasteiger charge is -2.28. The summed E-state index contributed by atoms with van der Waals surface area (Å²) in [5, 5.41) is 12.3. The molecular weight excluding hydrogens is 192 g/mol. The van der Waals surface area contributed by atoms with E-state index < -0.39 is 11.5 Å². The summed E-state index contributed by atoms with van der Waals surface area (Å²) in [6, 6.07) is 3.52. The van der Waals surface area contributed by atoms with Crippen LogP contribution < -0.4 is 5.32 Å². The van der Waals surface area contributed by atoms with Crippen LogP contribution in [0.1, 0.15) is 26.3 Å². The summed E-state index contributed by atoms with van der Waals surface area (Å²) in [6.45, 7) is 5.50. The van der Waals surface area contributed by atoms with Crippen molar-refractivity contribution in [2.45, 2.75) is 32.4 Å². The van der Waals surface area contributed by atoms with Gasteiger partial charge in [-0.1, -0.05) is 0 Å². The van der Waals surface area contributed by atoms with Crippen LogP contribution in [0.3, 0.4) is 0 Å². The van der Waals surface area contributed by atoms with Gasteiger partial charge in [0.05, 0.1) is 0 Å². The van der Waals surface area contributed by atoms with Gasteiger partial charge in [-0.3, -0.25) is 10.3 Å². The van der Waals surface area contributed by atoms with Crippen molar-refractivity contribution in [1.82, 2.24) is 10.3 Å². The van der Waals surface area contributed by atoms with Crippen LogP contribution >= 0.6 is 0 Å². The van der Waals surface area contributed by atoms with E-state index in [4.69, 9.17) is 0 Å². The number of carbonyl (C=O) groups is 1. The predicted molar refractivity (Wildman–Crippen MR) is 57.5 cm³/mol. The molecule has 0 aliphatic carbocycles. The molecule has 1 rings (SSSR count). The first kappa shape index (κ1) is 11.7. The first-order chi connectivity index (χ1) is 6.97. The Kier molecular flexibility index (Phi) is 3.42. The van der Waals surface area contributed by atoms with E-state index in [2.05, 4.69) is 10.3 Å². The molecule has 1 atom stereocenters. The molecule has 1 aromatic heterocycles. The van der Waals surface area contributed by atoms with Crippen LogP contribution in [0.15, 0.2) is 24.5 Å². The van der Waals surface area contributed by atoms with E-state index in [1.165, 1.54) is 0 Å². The molecule has 1 heterocycles. The van der Waals surface area contributed by atoms with Crippen molar-refractivity contribution in [2.75, 3.05) is 0 Å². The normalized spacial score (nSPS) is 14.9. The Balaban J connectivity index is 3.07. The number of rotatable bonds is 4. The molecule has 1 unspecified atom stereocenters. The van der Waals surface area contributed by atoms with E-state index >= 15 is 0 Å². The highest BCUT2D eigenvalue weighted by Crippen LogP contribution is 2.20. The Morgan fingerprint density at radius 3 is 2.40 bits per heavy atom. The van der Waals surface area contributed by atoms with Crippen LogP contribution in [0.25, 0.3) is 0 Å². The minimum atomic E-state index is -1.06. The molecule has 0 saturated heterocycles. The Morgan fingerprint density at radius 1 is 1.47 bits per heavy atom. The highest BCUT2D eigenvalue weighted by molar-refractivity contribution is 5.80. The molecule has 15 heavy (non-hydrogen) atoms. The van der Waals surface area contributed by atoms with E-state index in [1.54, 1.807) is 31.5 Å². The topological polar surface area (TPSA) is 62.2 Å². The number of aliphatic carboxylic acids is 1. The molecule has 0 aliphatic heterocycles. The van der Waals surface area contributed by atoms with Crippen LogP contribution in [0, 0.1) is 0 Å². The lowest BCUT2D eigenvalue weighted by molar-refractivity contribution is -0.144. The number of pyridine rings is 1. The summed E-state index contributed by atoms with van der Waals surface area (Å²) < 4.78 is 0. The first-order valence-electron chi connectivity index (χ1n) is 4.88. The van der Waals surface area contributed by atoms with Crippen LogP contribution in [-0.2, 0) is 10.3 Å². The third kappa shape index (κ3) is 2.53. The van der Waals surface area contributed by atoms with Crippen LogP contribution in [0.2, 0.25) is 0 Å². The van der Waals surface area contributed by atoms with Crippen molar-refractivity contribution in [3.63, 3.8) is 0 Å². The third-order valence-electron chi connectivity index (χ3n) is 2.26. The molecule has 0 aromatic carbocycles. The van der Waals surface area contributed by atoms with Gasteiger partial charge in [0.15, 0.2) is 0 Å². The van der Waals surface area contributed by atoms with Crippen LogP contribution in [0.5, 0.6) is 0 Å². The summed E-state index contributed by atoms with van der Waals surface area (Å²) in [4.78, 5) is 15.2. The average Bonchev–Trinajstić information content (AvgIpc) is 2.17. The van der Waals surface area contributed by atoms with E-state index in [1.807, 2.05) is 13.8 Å². The van der Waals surface area contributed by atoms with Gasteiger partial charge < -0.3 is 5.11 Å². The lowest BCUT2D eigenvalue weighted by Crippen LogP contribution is -2.49. The molecule has 0 bridgehead atoms. The van der Waals surface area contributed by atoms with Gasteiger partial charge in [0.1, 0.15) is 5.54 Å². The van der Waals surface area contributed by atoms with Gasteiger partial charge >= 0.3 is 5.97 Å². The molecular formula is C11H16N2O2. The maximum absolute atomic E-state index is 11.3.